The summed E-state index contributed by atoms with van der Waals surface area (Å²) in [6.45, 7) is 8.66. The molecule has 2 aromatic heterocycles. The molecule has 0 aliphatic carbocycles. The first-order chi connectivity index (χ1) is 21.4. The molecule has 3 saturated heterocycles. The van der Waals surface area contributed by atoms with Crippen LogP contribution >= 0.6 is 23.2 Å². The van der Waals surface area contributed by atoms with E-state index in [9.17, 15) is 4.79 Å². The van der Waals surface area contributed by atoms with Crippen LogP contribution in [0.2, 0.25) is 10.0 Å². The van der Waals surface area contributed by atoms with Gasteiger partial charge in [0.05, 0.1) is 43.9 Å². The molecule has 1 amide bonds. The standard InChI is InChI=1S/C31H38Cl2N8O3/c32-24-11-23(12-25(33)13-24)28-9-22(18-39-3-1-21(2-4-39)15-35-29(42)14-34)10-30(38-28)44-27-16-36-31(37-17-27)41-7-5-40(6-8-41)26-19-43-20-26/h9-13,16-17,21,26H,1-8,14-15,18-20,34H2,(H,35,42). The number of rotatable bonds is 10. The molecule has 11 nitrogen and oxygen atoms in total. The summed E-state index contributed by atoms with van der Waals surface area (Å²) in [7, 11) is 0. The van der Waals surface area contributed by atoms with Gasteiger partial charge in [0.1, 0.15) is 0 Å². The number of amides is 1. The minimum atomic E-state index is -0.108. The lowest BCUT2D eigenvalue weighted by Gasteiger charge is -2.42. The summed E-state index contributed by atoms with van der Waals surface area (Å²) in [6.07, 6.45) is 5.41. The molecule has 3 aromatic rings. The van der Waals surface area contributed by atoms with Crippen molar-refractivity contribution in [3.05, 3.63) is 58.3 Å². The third-order valence-corrected chi connectivity index (χ3v) is 8.91. The van der Waals surface area contributed by atoms with Crippen molar-refractivity contribution in [2.75, 3.05) is 70.5 Å². The number of nitrogens with one attached hydrogen (secondary N) is 1. The van der Waals surface area contributed by atoms with Crippen molar-refractivity contribution in [2.24, 2.45) is 11.7 Å². The Morgan fingerprint density at radius 1 is 0.977 bits per heavy atom. The summed E-state index contributed by atoms with van der Waals surface area (Å²) in [5.74, 6) is 2.00. The van der Waals surface area contributed by atoms with Crippen LogP contribution in [0.5, 0.6) is 11.6 Å². The Morgan fingerprint density at radius 2 is 1.68 bits per heavy atom. The quantitative estimate of drug-likeness (QED) is 0.341. The SMILES string of the molecule is NCC(=O)NCC1CCN(Cc2cc(Oc3cnc(N4CCN(C5COC5)CC4)nc3)nc(-c3cc(Cl)cc(Cl)c3)c2)CC1. The fourth-order valence-corrected chi connectivity index (χ4v) is 6.38. The number of ether oxygens (including phenoxy) is 2. The third kappa shape index (κ3) is 7.96. The van der Waals surface area contributed by atoms with Crippen LogP contribution in [0.15, 0.2) is 42.7 Å². The number of benzene rings is 1. The molecule has 0 radical (unpaired) electrons. The predicted octanol–water partition coefficient (Wildman–Crippen LogP) is 3.45. The number of carbonyl (C=O) groups is 1. The van der Waals surface area contributed by atoms with Gasteiger partial charge in [-0.1, -0.05) is 23.2 Å². The van der Waals surface area contributed by atoms with Crippen LogP contribution in [-0.4, -0.2) is 102 Å². The van der Waals surface area contributed by atoms with Gasteiger partial charge in [-0.05, 0) is 61.7 Å². The molecule has 5 heterocycles. The van der Waals surface area contributed by atoms with E-state index < -0.39 is 0 Å². The lowest BCUT2D eigenvalue weighted by molar-refractivity contribution is -0.120. The number of nitrogens with zero attached hydrogens (tertiary/aromatic N) is 6. The van der Waals surface area contributed by atoms with Crippen LogP contribution in [0.4, 0.5) is 5.95 Å². The van der Waals surface area contributed by atoms with Gasteiger partial charge in [0.2, 0.25) is 17.7 Å². The molecule has 3 aliphatic rings. The topological polar surface area (TPSA) is 122 Å². The molecule has 0 bridgehead atoms. The molecule has 3 N–H and O–H groups in total. The molecule has 0 spiro atoms. The van der Waals surface area contributed by atoms with Gasteiger partial charge >= 0.3 is 0 Å². The van der Waals surface area contributed by atoms with E-state index in [2.05, 4.69) is 36.1 Å². The Bertz CT molecular complexity index is 1410. The summed E-state index contributed by atoms with van der Waals surface area (Å²) in [4.78, 5) is 32.6. The summed E-state index contributed by atoms with van der Waals surface area (Å²) >= 11 is 12.7. The number of carbonyl (C=O) groups excluding carboxylic acids is 1. The highest BCUT2D eigenvalue weighted by Crippen LogP contribution is 2.31. The van der Waals surface area contributed by atoms with E-state index in [1.54, 1.807) is 18.5 Å². The molecule has 6 rings (SSSR count). The Morgan fingerprint density at radius 3 is 2.32 bits per heavy atom. The van der Waals surface area contributed by atoms with Crippen molar-refractivity contribution in [2.45, 2.75) is 25.4 Å². The first-order valence-corrected chi connectivity index (χ1v) is 15.9. The lowest BCUT2D eigenvalue weighted by Crippen LogP contribution is -2.56. The number of likely N-dealkylation sites (tertiary alicyclic amines) is 1. The van der Waals surface area contributed by atoms with Crippen molar-refractivity contribution in [1.82, 2.24) is 30.1 Å². The zero-order chi connectivity index (χ0) is 30.5. The fraction of sp³-hybridized carbons (Fsp3) is 0.484. The summed E-state index contributed by atoms with van der Waals surface area (Å²) in [5.41, 5.74) is 8.00. The molecule has 3 fully saturated rings. The smallest absolute Gasteiger partial charge is 0.233 e. The Labute approximate surface area is 267 Å². The van der Waals surface area contributed by atoms with Crippen LogP contribution in [-0.2, 0) is 16.1 Å². The van der Waals surface area contributed by atoms with Crippen LogP contribution in [0.3, 0.4) is 0 Å². The minimum absolute atomic E-state index is 0.0237. The lowest BCUT2D eigenvalue weighted by atomic mass is 9.96. The monoisotopic (exact) mass is 640 g/mol. The Hall–Kier alpha value is -3.06. The van der Waals surface area contributed by atoms with Crippen LogP contribution in [0, 0.1) is 5.92 Å². The number of piperidine rings is 1. The van der Waals surface area contributed by atoms with E-state index >= 15 is 0 Å². The molecule has 1 aromatic carbocycles. The summed E-state index contributed by atoms with van der Waals surface area (Å²) in [5, 5.41) is 3.99. The average molecular weight is 642 g/mol. The Balaban J connectivity index is 1.13. The van der Waals surface area contributed by atoms with Gasteiger partial charge in [-0.15, -0.1) is 0 Å². The number of halogens is 2. The fourth-order valence-electron chi connectivity index (χ4n) is 5.86. The van der Waals surface area contributed by atoms with Crippen molar-refractivity contribution in [3.8, 4) is 22.9 Å². The second kappa shape index (κ2) is 14.4. The molecule has 0 saturated carbocycles. The maximum atomic E-state index is 11.5. The van der Waals surface area contributed by atoms with Gasteiger partial charge in [0.15, 0.2) is 5.75 Å². The van der Waals surface area contributed by atoms with Crippen LogP contribution in [0.25, 0.3) is 11.3 Å². The van der Waals surface area contributed by atoms with Gasteiger partial charge in [-0.2, -0.15) is 0 Å². The average Bonchev–Trinajstić information content (AvgIpc) is 3.00. The number of nitrogens with two attached hydrogens (primary N) is 1. The van der Waals surface area contributed by atoms with Crippen molar-refractivity contribution in [1.29, 1.82) is 0 Å². The molecule has 0 unspecified atom stereocenters. The molecular formula is C31H38Cl2N8O3. The van der Waals surface area contributed by atoms with E-state index in [0.29, 0.717) is 51.8 Å². The highest BCUT2D eigenvalue weighted by atomic mass is 35.5. The number of pyridine rings is 1. The van der Waals surface area contributed by atoms with E-state index in [1.807, 2.05) is 18.2 Å². The van der Waals surface area contributed by atoms with Gasteiger partial charge in [0.25, 0.3) is 0 Å². The van der Waals surface area contributed by atoms with Crippen LogP contribution < -0.4 is 20.7 Å². The van der Waals surface area contributed by atoms with Crippen LogP contribution in [0.1, 0.15) is 18.4 Å². The Kier molecular flexibility index (Phi) is 10.1. The summed E-state index contributed by atoms with van der Waals surface area (Å²) in [6, 6.07) is 9.96. The minimum Gasteiger partial charge on any atom is -0.436 e. The third-order valence-electron chi connectivity index (χ3n) is 8.48. The van der Waals surface area contributed by atoms with Gasteiger partial charge in [-0.25, -0.2) is 15.0 Å². The highest BCUT2D eigenvalue weighted by molar-refractivity contribution is 6.35. The molecule has 3 aliphatic heterocycles. The number of hydrogen-bond donors (Lipinski definition) is 2. The van der Waals surface area contributed by atoms with E-state index in [-0.39, 0.29) is 12.5 Å². The molecule has 0 atom stereocenters. The highest BCUT2D eigenvalue weighted by Gasteiger charge is 2.29. The van der Waals surface area contributed by atoms with Crippen molar-refractivity contribution >= 4 is 35.1 Å². The molecule has 13 heteroatoms. The van der Waals surface area contributed by atoms with Gasteiger partial charge in [-0.3, -0.25) is 14.6 Å². The number of aromatic nitrogens is 3. The molecule has 44 heavy (non-hydrogen) atoms. The zero-order valence-corrected chi connectivity index (χ0v) is 26.1. The largest absolute Gasteiger partial charge is 0.436 e. The van der Waals surface area contributed by atoms with E-state index in [4.69, 9.17) is 43.4 Å². The first kappa shape index (κ1) is 30.9. The maximum Gasteiger partial charge on any atom is 0.233 e. The van der Waals surface area contributed by atoms with E-state index in [1.165, 1.54) is 0 Å². The number of anilines is 1. The number of piperazine rings is 1. The van der Waals surface area contributed by atoms with Crippen molar-refractivity contribution in [3.63, 3.8) is 0 Å². The number of hydrogen-bond acceptors (Lipinski definition) is 10. The normalized spacial score (nSPS) is 18.7. The molecule has 234 valence electrons. The summed E-state index contributed by atoms with van der Waals surface area (Å²) < 4.78 is 11.6. The van der Waals surface area contributed by atoms with Gasteiger partial charge in [0, 0.05) is 60.9 Å². The second-order valence-corrected chi connectivity index (χ2v) is 12.5. The van der Waals surface area contributed by atoms with Gasteiger partial charge < -0.3 is 25.4 Å². The maximum absolute atomic E-state index is 11.5. The zero-order valence-electron chi connectivity index (χ0n) is 24.6. The van der Waals surface area contributed by atoms with Crippen molar-refractivity contribution < 1.29 is 14.3 Å². The van der Waals surface area contributed by atoms with E-state index in [0.717, 1.165) is 83.0 Å². The first-order valence-electron chi connectivity index (χ1n) is 15.1. The predicted molar refractivity (Wildman–Crippen MR) is 170 cm³/mol. The second-order valence-electron chi connectivity index (χ2n) is 11.6. The molecular weight excluding hydrogens is 603 g/mol.